The maximum Gasteiger partial charge on any atom is 0.239 e. The number of hydrogen-bond donors (Lipinski definition) is 2. The van der Waals surface area contributed by atoms with Crippen LogP contribution in [0.4, 0.5) is 5.82 Å². The van der Waals surface area contributed by atoms with Crippen LogP contribution in [0.3, 0.4) is 0 Å². The monoisotopic (exact) mass is 325 g/mol. The summed E-state index contributed by atoms with van der Waals surface area (Å²) in [6.45, 7) is 2.99. The highest BCUT2D eigenvalue weighted by Crippen LogP contribution is 2.31. The third-order valence-electron chi connectivity index (χ3n) is 4.33. The van der Waals surface area contributed by atoms with Crippen molar-refractivity contribution in [3.05, 3.63) is 41.9 Å². The zero-order chi connectivity index (χ0) is 16.5. The third kappa shape index (κ3) is 2.90. The summed E-state index contributed by atoms with van der Waals surface area (Å²) in [5.74, 6) is 1.97. The Labute approximate surface area is 139 Å². The minimum Gasteiger partial charge on any atom is -0.360 e. The van der Waals surface area contributed by atoms with E-state index >= 15 is 0 Å². The maximum atomic E-state index is 12.3. The van der Waals surface area contributed by atoms with Crippen LogP contribution in [0.2, 0.25) is 0 Å². The number of imidazole rings is 1. The van der Waals surface area contributed by atoms with Gasteiger partial charge in [-0.25, -0.2) is 4.98 Å². The average Bonchev–Trinajstić information content (AvgIpc) is 3.26. The molecule has 0 aliphatic carbocycles. The number of hydrogen-bond acceptors (Lipinski definition) is 5. The quantitative estimate of drug-likeness (QED) is 0.770. The van der Waals surface area contributed by atoms with Gasteiger partial charge in [-0.1, -0.05) is 17.3 Å². The molecule has 24 heavy (non-hydrogen) atoms. The third-order valence-corrected chi connectivity index (χ3v) is 4.33. The highest BCUT2D eigenvalue weighted by Gasteiger charge is 2.30. The van der Waals surface area contributed by atoms with E-state index in [0.717, 1.165) is 36.2 Å². The highest BCUT2D eigenvalue weighted by atomic mass is 16.5. The minimum atomic E-state index is -0.0914. The zero-order valence-electron chi connectivity index (χ0n) is 13.5. The number of aryl methyl sites for hydroxylation is 1. The topological polar surface area (TPSA) is 87.0 Å². The molecule has 0 radical (unpaired) electrons. The number of carbonyl (C=O) groups excluding carboxylic acids is 1. The number of para-hydroxylation sites is 2. The molecular formula is C17H19N5O2. The van der Waals surface area contributed by atoms with Gasteiger partial charge in [0, 0.05) is 6.07 Å². The molecule has 1 atom stereocenters. The normalized spacial score (nSPS) is 18.3. The molecule has 4 rings (SSSR count). The summed E-state index contributed by atoms with van der Waals surface area (Å²) >= 11 is 0. The first-order valence-electron chi connectivity index (χ1n) is 8.11. The largest absolute Gasteiger partial charge is 0.360 e. The van der Waals surface area contributed by atoms with Gasteiger partial charge in [-0.05, 0) is 38.4 Å². The SMILES string of the molecule is Cc1cc(NC(=O)CN2CCC[C@H]2c2nc3ccccc3[nH]2)no1. The molecule has 1 aliphatic heterocycles. The van der Waals surface area contributed by atoms with Crippen molar-refractivity contribution in [3.8, 4) is 0 Å². The Bertz CT molecular complexity index is 836. The number of fused-ring (bicyclic) bond motifs is 1. The van der Waals surface area contributed by atoms with Crippen LogP contribution >= 0.6 is 0 Å². The second-order valence-corrected chi connectivity index (χ2v) is 6.14. The van der Waals surface area contributed by atoms with E-state index in [9.17, 15) is 4.79 Å². The molecule has 2 aromatic heterocycles. The first kappa shape index (κ1) is 14.9. The van der Waals surface area contributed by atoms with E-state index in [1.54, 1.807) is 13.0 Å². The van der Waals surface area contributed by atoms with Crippen LogP contribution in [0.1, 0.15) is 30.5 Å². The van der Waals surface area contributed by atoms with Crippen molar-refractivity contribution in [3.63, 3.8) is 0 Å². The molecule has 0 spiro atoms. The van der Waals surface area contributed by atoms with Crippen LogP contribution in [0, 0.1) is 6.92 Å². The van der Waals surface area contributed by atoms with E-state index < -0.39 is 0 Å². The van der Waals surface area contributed by atoms with Crippen molar-refractivity contribution in [1.82, 2.24) is 20.0 Å². The zero-order valence-corrected chi connectivity index (χ0v) is 13.5. The number of aromatic nitrogens is 3. The highest BCUT2D eigenvalue weighted by molar-refractivity contribution is 5.91. The number of nitrogens with one attached hydrogen (secondary N) is 2. The van der Waals surface area contributed by atoms with Gasteiger partial charge in [0.15, 0.2) is 5.82 Å². The van der Waals surface area contributed by atoms with Gasteiger partial charge in [0.05, 0.1) is 23.6 Å². The Morgan fingerprint density at radius 2 is 2.33 bits per heavy atom. The van der Waals surface area contributed by atoms with Crippen molar-refractivity contribution < 1.29 is 9.32 Å². The lowest BCUT2D eigenvalue weighted by Gasteiger charge is -2.21. The van der Waals surface area contributed by atoms with Gasteiger partial charge >= 0.3 is 0 Å². The number of nitrogens with zero attached hydrogens (tertiary/aromatic N) is 3. The average molecular weight is 325 g/mol. The van der Waals surface area contributed by atoms with Gasteiger partial charge in [-0.3, -0.25) is 9.69 Å². The summed E-state index contributed by atoms with van der Waals surface area (Å²) in [7, 11) is 0. The van der Waals surface area contributed by atoms with Crippen molar-refractivity contribution in [2.24, 2.45) is 0 Å². The van der Waals surface area contributed by atoms with Gasteiger partial charge in [0.25, 0.3) is 0 Å². The van der Waals surface area contributed by atoms with Gasteiger partial charge < -0.3 is 14.8 Å². The molecule has 3 heterocycles. The van der Waals surface area contributed by atoms with Gasteiger partial charge in [-0.15, -0.1) is 0 Å². The molecule has 1 saturated heterocycles. The molecule has 1 aromatic carbocycles. The van der Waals surface area contributed by atoms with Crippen LogP contribution < -0.4 is 5.32 Å². The van der Waals surface area contributed by atoms with Crippen LogP contribution in [0.25, 0.3) is 11.0 Å². The molecule has 2 N–H and O–H groups in total. The lowest BCUT2D eigenvalue weighted by Crippen LogP contribution is -2.33. The minimum absolute atomic E-state index is 0.0914. The Hall–Kier alpha value is -2.67. The lowest BCUT2D eigenvalue weighted by molar-refractivity contribution is -0.117. The van der Waals surface area contributed by atoms with Gasteiger partial charge in [0.2, 0.25) is 5.91 Å². The number of anilines is 1. The fourth-order valence-electron chi connectivity index (χ4n) is 3.25. The number of aromatic amines is 1. The Kier molecular flexibility index (Phi) is 3.78. The molecule has 3 aromatic rings. The molecule has 7 heteroatoms. The number of benzene rings is 1. The van der Waals surface area contributed by atoms with E-state index in [2.05, 4.69) is 25.3 Å². The predicted molar refractivity (Wildman–Crippen MR) is 89.5 cm³/mol. The number of H-pyrrole nitrogens is 1. The van der Waals surface area contributed by atoms with E-state index in [0.29, 0.717) is 18.1 Å². The molecule has 1 amide bonds. The van der Waals surface area contributed by atoms with E-state index in [1.165, 1.54) is 0 Å². The lowest BCUT2D eigenvalue weighted by atomic mass is 10.2. The first-order chi connectivity index (χ1) is 11.7. The second kappa shape index (κ2) is 6.09. The van der Waals surface area contributed by atoms with Crippen molar-refractivity contribution >= 4 is 22.8 Å². The fourth-order valence-corrected chi connectivity index (χ4v) is 3.25. The molecular weight excluding hydrogens is 306 g/mol. The number of rotatable bonds is 4. The second-order valence-electron chi connectivity index (χ2n) is 6.14. The van der Waals surface area contributed by atoms with E-state index in [-0.39, 0.29) is 11.9 Å². The molecule has 124 valence electrons. The summed E-state index contributed by atoms with van der Waals surface area (Å²) in [6.07, 6.45) is 2.05. The van der Waals surface area contributed by atoms with E-state index in [1.807, 2.05) is 24.3 Å². The number of carbonyl (C=O) groups is 1. The summed E-state index contributed by atoms with van der Waals surface area (Å²) in [5, 5.41) is 6.56. The fraction of sp³-hybridized carbons (Fsp3) is 0.353. The van der Waals surface area contributed by atoms with Crippen molar-refractivity contribution in [1.29, 1.82) is 0 Å². The van der Waals surface area contributed by atoms with Crippen molar-refractivity contribution in [2.45, 2.75) is 25.8 Å². The van der Waals surface area contributed by atoms with E-state index in [4.69, 9.17) is 4.52 Å². The molecule has 7 nitrogen and oxygen atoms in total. The number of likely N-dealkylation sites (tertiary alicyclic amines) is 1. The van der Waals surface area contributed by atoms with Gasteiger partial charge in [0.1, 0.15) is 11.6 Å². The van der Waals surface area contributed by atoms with Crippen molar-refractivity contribution in [2.75, 3.05) is 18.4 Å². The summed E-state index contributed by atoms with van der Waals surface area (Å²) in [4.78, 5) is 22.5. The van der Waals surface area contributed by atoms with Crippen LogP contribution in [0.5, 0.6) is 0 Å². The molecule has 0 bridgehead atoms. The smallest absolute Gasteiger partial charge is 0.239 e. The Balaban J connectivity index is 1.47. The summed E-state index contributed by atoms with van der Waals surface area (Å²) < 4.78 is 4.97. The molecule has 0 unspecified atom stereocenters. The van der Waals surface area contributed by atoms with Crippen LogP contribution in [0.15, 0.2) is 34.9 Å². The standard InChI is InChI=1S/C17H19N5O2/c1-11-9-15(21-24-11)20-16(23)10-22-8-4-7-14(22)17-18-12-5-2-3-6-13(12)19-17/h2-3,5-6,9,14H,4,7-8,10H2,1H3,(H,18,19)(H,20,21,23)/t14-/m0/s1. The molecule has 1 fully saturated rings. The molecule has 1 aliphatic rings. The first-order valence-corrected chi connectivity index (χ1v) is 8.11. The Morgan fingerprint density at radius 3 is 3.12 bits per heavy atom. The van der Waals surface area contributed by atoms with Crippen LogP contribution in [-0.2, 0) is 4.79 Å². The van der Waals surface area contributed by atoms with Gasteiger partial charge in [-0.2, -0.15) is 0 Å². The number of amides is 1. The molecule has 0 saturated carbocycles. The predicted octanol–water partition coefficient (Wildman–Crippen LogP) is 2.63. The Morgan fingerprint density at radius 1 is 1.46 bits per heavy atom. The maximum absolute atomic E-state index is 12.3. The van der Waals surface area contributed by atoms with Crippen LogP contribution in [-0.4, -0.2) is 39.0 Å². The summed E-state index contributed by atoms with van der Waals surface area (Å²) in [6, 6.07) is 9.83. The summed E-state index contributed by atoms with van der Waals surface area (Å²) in [5.41, 5.74) is 1.99.